The maximum atomic E-state index is 11.0. The highest BCUT2D eigenvalue weighted by Gasteiger charge is 2.19. The number of nitro benzene ring substituents is 2. The SMILES string of the molecule is O=[N+]([O-])c1ccc(CNCC2CCCCS2)c([N+](=O)[O-])c1. The van der Waals surface area contributed by atoms with Gasteiger partial charge in [0, 0.05) is 30.0 Å². The third-order valence-corrected chi connectivity index (χ3v) is 4.84. The van der Waals surface area contributed by atoms with Crippen LogP contribution < -0.4 is 5.32 Å². The highest BCUT2D eigenvalue weighted by Crippen LogP contribution is 2.26. The maximum absolute atomic E-state index is 11.0. The molecule has 0 radical (unpaired) electrons. The molecule has 0 saturated carbocycles. The van der Waals surface area contributed by atoms with Crippen LogP contribution >= 0.6 is 11.8 Å². The van der Waals surface area contributed by atoms with Crippen molar-refractivity contribution >= 4 is 23.1 Å². The van der Waals surface area contributed by atoms with Gasteiger partial charge in [0.1, 0.15) is 0 Å². The van der Waals surface area contributed by atoms with Crippen molar-refractivity contribution in [1.82, 2.24) is 5.32 Å². The van der Waals surface area contributed by atoms with Crippen LogP contribution in [0.1, 0.15) is 24.8 Å². The highest BCUT2D eigenvalue weighted by molar-refractivity contribution is 7.99. The molecular formula is C13H17N3O4S. The van der Waals surface area contributed by atoms with Crippen LogP contribution in [0.4, 0.5) is 11.4 Å². The lowest BCUT2D eigenvalue weighted by atomic mass is 10.1. The van der Waals surface area contributed by atoms with Gasteiger partial charge < -0.3 is 5.32 Å². The smallest absolute Gasteiger partial charge is 0.280 e. The molecule has 1 aliphatic heterocycles. The Morgan fingerprint density at radius 3 is 2.67 bits per heavy atom. The van der Waals surface area contributed by atoms with Crippen LogP contribution in [0.2, 0.25) is 0 Å². The van der Waals surface area contributed by atoms with E-state index in [0.717, 1.165) is 12.6 Å². The van der Waals surface area contributed by atoms with Gasteiger partial charge in [0.2, 0.25) is 0 Å². The van der Waals surface area contributed by atoms with Gasteiger partial charge in [-0.2, -0.15) is 11.8 Å². The molecule has 8 heteroatoms. The summed E-state index contributed by atoms with van der Waals surface area (Å²) in [4.78, 5) is 20.5. The number of nitrogens with one attached hydrogen (secondary N) is 1. The molecule has 1 heterocycles. The van der Waals surface area contributed by atoms with Crippen molar-refractivity contribution in [3.63, 3.8) is 0 Å². The number of non-ortho nitro benzene ring substituents is 1. The molecular weight excluding hydrogens is 294 g/mol. The molecule has 0 bridgehead atoms. The van der Waals surface area contributed by atoms with Gasteiger partial charge in [0.15, 0.2) is 0 Å². The van der Waals surface area contributed by atoms with Gasteiger partial charge in [-0.25, -0.2) is 0 Å². The Morgan fingerprint density at radius 2 is 2.05 bits per heavy atom. The molecule has 0 aromatic heterocycles. The van der Waals surface area contributed by atoms with Crippen molar-refractivity contribution < 1.29 is 9.85 Å². The Hall–Kier alpha value is -1.67. The second kappa shape index (κ2) is 7.37. The van der Waals surface area contributed by atoms with E-state index in [2.05, 4.69) is 5.32 Å². The maximum Gasteiger partial charge on any atom is 0.280 e. The lowest BCUT2D eigenvalue weighted by Crippen LogP contribution is -2.26. The van der Waals surface area contributed by atoms with E-state index in [0.29, 0.717) is 17.4 Å². The minimum Gasteiger partial charge on any atom is -0.311 e. The summed E-state index contributed by atoms with van der Waals surface area (Å²) in [6.45, 7) is 1.16. The number of hydrogen-bond acceptors (Lipinski definition) is 6. The zero-order chi connectivity index (χ0) is 15.2. The third kappa shape index (κ3) is 4.40. The lowest BCUT2D eigenvalue weighted by Gasteiger charge is -2.21. The average Bonchev–Trinajstić information content (AvgIpc) is 2.48. The Bertz CT molecular complexity index is 532. The molecule has 114 valence electrons. The fourth-order valence-electron chi connectivity index (χ4n) is 2.32. The molecule has 0 amide bonds. The van der Waals surface area contributed by atoms with Crippen molar-refractivity contribution in [3.05, 3.63) is 44.0 Å². The number of hydrogen-bond donors (Lipinski definition) is 1. The minimum absolute atomic E-state index is 0.201. The number of nitro groups is 2. The standard InChI is InChI=1S/C13H17N3O4S/c17-15(18)11-5-4-10(13(7-11)16(19)20)8-14-9-12-3-1-2-6-21-12/h4-5,7,12,14H,1-3,6,8-9H2. The van der Waals surface area contributed by atoms with E-state index >= 15 is 0 Å². The number of nitrogens with zero attached hydrogens (tertiary/aromatic N) is 2. The lowest BCUT2D eigenvalue weighted by molar-refractivity contribution is -0.394. The van der Waals surface area contributed by atoms with E-state index in [1.54, 1.807) is 0 Å². The van der Waals surface area contributed by atoms with Crippen molar-refractivity contribution in [1.29, 1.82) is 0 Å². The van der Waals surface area contributed by atoms with Crippen LogP contribution in [-0.4, -0.2) is 27.4 Å². The predicted molar refractivity (Wildman–Crippen MR) is 81.6 cm³/mol. The van der Waals surface area contributed by atoms with Gasteiger partial charge in [0.25, 0.3) is 11.4 Å². The summed E-state index contributed by atoms with van der Waals surface area (Å²) < 4.78 is 0. The van der Waals surface area contributed by atoms with Crippen LogP contribution in [0.25, 0.3) is 0 Å². The Morgan fingerprint density at radius 1 is 1.24 bits per heavy atom. The minimum atomic E-state index is -0.622. The molecule has 1 aliphatic rings. The van der Waals surface area contributed by atoms with Crippen LogP contribution in [0.15, 0.2) is 18.2 Å². The summed E-state index contributed by atoms with van der Waals surface area (Å²) in [7, 11) is 0. The summed E-state index contributed by atoms with van der Waals surface area (Å²) in [5.41, 5.74) is 0.0210. The zero-order valence-corrected chi connectivity index (χ0v) is 12.3. The molecule has 1 N–H and O–H groups in total. The van der Waals surface area contributed by atoms with Crippen LogP contribution in [0.3, 0.4) is 0 Å². The molecule has 1 unspecified atom stereocenters. The number of benzene rings is 1. The zero-order valence-electron chi connectivity index (χ0n) is 11.5. The molecule has 0 spiro atoms. The van der Waals surface area contributed by atoms with Gasteiger partial charge in [-0.3, -0.25) is 20.2 Å². The van der Waals surface area contributed by atoms with E-state index in [9.17, 15) is 20.2 Å². The van der Waals surface area contributed by atoms with Crippen molar-refractivity contribution in [2.45, 2.75) is 31.1 Å². The molecule has 1 atom stereocenters. The first kappa shape index (κ1) is 15.7. The summed E-state index contributed by atoms with van der Waals surface area (Å²) in [5.74, 6) is 1.17. The molecule has 1 saturated heterocycles. The highest BCUT2D eigenvalue weighted by atomic mass is 32.2. The molecule has 2 rings (SSSR count). The predicted octanol–water partition coefficient (Wildman–Crippen LogP) is 2.88. The van der Waals surface area contributed by atoms with Gasteiger partial charge in [-0.05, 0) is 24.7 Å². The monoisotopic (exact) mass is 311 g/mol. The molecule has 1 aromatic carbocycles. The van der Waals surface area contributed by atoms with Crippen molar-refractivity contribution in [2.75, 3.05) is 12.3 Å². The van der Waals surface area contributed by atoms with E-state index in [-0.39, 0.29) is 11.4 Å². The summed E-state index contributed by atoms with van der Waals surface area (Å²) in [6, 6.07) is 3.78. The fourth-order valence-corrected chi connectivity index (χ4v) is 3.59. The number of rotatable bonds is 6. The van der Waals surface area contributed by atoms with Crippen molar-refractivity contribution in [2.24, 2.45) is 0 Å². The van der Waals surface area contributed by atoms with E-state index in [1.807, 2.05) is 11.8 Å². The van der Waals surface area contributed by atoms with Crippen LogP contribution in [0.5, 0.6) is 0 Å². The van der Waals surface area contributed by atoms with Gasteiger partial charge in [0.05, 0.1) is 15.9 Å². The van der Waals surface area contributed by atoms with Crippen LogP contribution in [0, 0.1) is 20.2 Å². The third-order valence-electron chi connectivity index (χ3n) is 3.44. The second-order valence-electron chi connectivity index (χ2n) is 4.95. The topological polar surface area (TPSA) is 98.3 Å². The van der Waals surface area contributed by atoms with Crippen LogP contribution in [-0.2, 0) is 6.54 Å². The Kier molecular flexibility index (Phi) is 5.51. The summed E-state index contributed by atoms with van der Waals surface area (Å²) in [6.07, 6.45) is 3.66. The molecule has 21 heavy (non-hydrogen) atoms. The number of thioether (sulfide) groups is 1. The molecule has 0 aliphatic carbocycles. The Balaban J connectivity index is 1.98. The van der Waals surface area contributed by atoms with Gasteiger partial charge in [-0.1, -0.05) is 6.42 Å². The first-order valence-electron chi connectivity index (χ1n) is 6.82. The molecule has 1 fully saturated rings. The van der Waals surface area contributed by atoms with Gasteiger partial charge in [-0.15, -0.1) is 0 Å². The van der Waals surface area contributed by atoms with E-state index in [1.165, 1.54) is 37.1 Å². The first-order chi connectivity index (χ1) is 10.1. The molecule has 7 nitrogen and oxygen atoms in total. The first-order valence-corrected chi connectivity index (χ1v) is 7.87. The largest absolute Gasteiger partial charge is 0.311 e. The van der Waals surface area contributed by atoms with E-state index < -0.39 is 9.85 Å². The fraction of sp³-hybridized carbons (Fsp3) is 0.538. The summed E-state index contributed by atoms with van der Waals surface area (Å²) in [5, 5.41) is 25.5. The van der Waals surface area contributed by atoms with Gasteiger partial charge >= 0.3 is 0 Å². The quantitative estimate of drug-likeness (QED) is 0.640. The average molecular weight is 311 g/mol. The summed E-state index contributed by atoms with van der Waals surface area (Å²) >= 11 is 1.93. The van der Waals surface area contributed by atoms with Crippen molar-refractivity contribution in [3.8, 4) is 0 Å². The Labute approximate surface area is 126 Å². The molecule has 1 aromatic rings. The second-order valence-corrected chi connectivity index (χ2v) is 6.35. The normalized spacial score (nSPS) is 18.4. The van der Waals surface area contributed by atoms with E-state index in [4.69, 9.17) is 0 Å².